The number of hydrogen-bond acceptors (Lipinski definition) is 5. The molecule has 0 saturated carbocycles. The zero-order valence-corrected chi connectivity index (χ0v) is 14.6. The van der Waals surface area contributed by atoms with Gasteiger partial charge in [-0.05, 0) is 52.1 Å². The van der Waals surface area contributed by atoms with E-state index in [0.717, 1.165) is 37.2 Å². The number of aromatic nitrogens is 3. The second-order valence-corrected chi connectivity index (χ2v) is 7.54. The Balaban J connectivity index is 1.66. The molecule has 126 valence electrons. The van der Waals surface area contributed by atoms with Crippen LogP contribution in [0.2, 0.25) is 0 Å². The predicted molar refractivity (Wildman–Crippen MR) is 102 cm³/mol. The highest BCUT2D eigenvalue weighted by molar-refractivity contribution is 7.08. The predicted octanol–water partition coefficient (Wildman–Crippen LogP) is 3.14. The molecular formula is C19H19N5S. The molecule has 1 aliphatic heterocycles. The Kier molecular flexibility index (Phi) is 3.55. The Morgan fingerprint density at radius 2 is 2.16 bits per heavy atom. The summed E-state index contributed by atoms with van der Waals surface area (Å²) in [4.78, 5) is 2.43. The summed E-state index contributed by atoms with van der Waals surface area (Å²) in [5.41, 5.74) is 11.9. The maximum absolute atomic E-state index is 6.07. The second kappa shape index (κ2) is 5.91. The van der Waals surface area contributed by atoms with Gasteiger partial charge in [-0.25, -0.2) is 0 Å². The third kappa shape index (κ3) is 2.63. The molecule has 2 N–H and O–H groups in total. The minimum absolute atomic E-state index is 0.299. The lowest BCUT2D eigenvalue weighted by atomic mass is 10.0. The highest BCUT2D eigenvalue weighted by Crippen LogP contribution is 2.29. The molecule has 5 rings (SSSR count). The first-order valence-electron chi connectivity index (χ1n) is 8.54. The van der Waals surface area contributed by atoms with Crippen LogP contribution in [-0.4, -0.2) is 38.6 Å². The van der Waals surface area contributed by atoms with Crippen LogP contribution in [0.3, 0.4) is 0 Å². The van der Waals surface area contributed by atoms with Crippen LogP contribution in [0.5, 0.6) is 0 Å². The number of thiophene rings is 1. The maximum Gasteiger partial charge on any atom is 0.161 e. The zero-order valence-electron chi connectivity index (χ0n) is 13.8. The SMILES string of the molecule is N[C@@H]1CCN(Cc2cc3nncn3c3cc(-c4ccsc4)ccc23)C1. The van der Waals surface area contributed by atoms with E-state index in [1.165, 1.54) is 22.1 Å². The molecule has 6 heteroatoms. The van der Waals surface area contributed by atoms with E-state index < -0.39 is 0 Å². The van der Waals surface area contributed by atoms with Gasteiger partial charge in [-0.2, -0.15) is 11.3 Å². The molecular weight excluding hydrogens is 330 g/mol. The first kappa shape index (κ1) is 15.0. The Labute approximate surface area is 149 Å². The third-order valence-corrected chi connectivity index (χ3v) is 5.72. The molecule has 1 aromatic carbocycles. The van der Waals surface area contributed by atoms with Gasteiger partial charge in [0, 0.05) is 31.1 Å². The Bertz CT molecular complexity index is 1040. The second-order valence-electron chi connectivity index (χ2n) is 6.76. The van der Waals surface area contributed by atoms with Gasteiger partial charge in [0.15, 0.2) is 5.65 Å². The van der Waals surface area contributed by atoms with Crippen LogP contribution in [0.4, 0.5) is 0 Å². The Morgan fingerprint density at radius 1 is 1.20 bits per heavy atom. The van der Waals surface area contributed by atoms with Crippen molar-refractivity contribution < 1.29 is 0 Å². The fraction of sp³-hybridized carbons (Fsp3) is 0.263. The quantitative estimate of drug-likeness (QED) is 0.617. The summed E-state index contributed by atoms with van der Waals surface area (Å²) in [5, 5.41) is 13.9. The number of pyridine rings is 1. The molecule has 0 radical (unpaired) electrons. The van der Waals surface area contributed by atoms with E-state index >= 15 is 0 Å². The molecule has 25 heavy (non-hydrogen) atoms. The molecule has 0 spiro atoms. The highest BCUT2D eigenvalue weighted by atomic mass is 32.1. The molecule has 1 fully saturated rings. The summed E-state index contributed by atoms with van der Waals surface area (Å²) in [5.74, 6) is 0. The number of rotatable bonds is 3. The number of likely N-dealkylation sites (tertiary alicyclic amines) is 1. The molecule has 5 nitrogen and oxygen atoms in total. The van der Waals surface area contributed by atoms with Gasteiger partial charge < -0.3 is 5.73 Å². The minimum Gasteiger partial charge on any atom is -0.326 e. The fourth-order valence-electron chi connectivity index (χ4n) is 3.75. The van der Waals surface area contributed by atoms with Crippen molar-refractivity contribution in [2.45, 2.75) is 19.0 Å². The molecule has 1 saturated heterocycles. The van der Waals surface area contributed by atoms with Gasteiger partial charge in [0.2, 0.25) is 0 Å². The molecule has 3 aromatic heterocycles. The Hall–Kier alpha value is -2.28. The number of hydrogen-bond donors (Lipinski definition) is 1. The molecule has 1 atom stereocenters. The van der Waals surface area contributed by atoms with E-state index in [1.807, 2.05) is 0 Å². The third-order valence-electron chi connectivity index (χ3n) is 5.04. The summed E-state index contributed by atoms with van der Waals surface area (Å²) >= 11 is 1.72. The summed E-state index contributed by atoms with van der Waals surface area (Å²) in [6, 6.07) is 11.3. The molecule has 0 unspecified atom stereocenters. The summed E-state index contributed by atoms with van der Waals surface area (Å²) in [6.07, 6.45) is 2.87. The van der Waals surface area contributed by atoms with E-state index in [4.69, 9.17) is 5.73 Å². The van der Waals surface area contributed by atoms with Crippen LogP contribution in [-0.2, 0) is 6.54 Å². The van der Waals surface area contributed by atoms with Crippen molar-refractivity contribution in [1.82, 2.24) is 19.5 Å². The molecule has 1 aliphatic rings. The van der Waals surface area contributed by atoms with Crippen LogP contribution in [0.15, 0.2) is 47.4 Å². The number of nitrogens with zero attached hydrogens (tertiary/aromatic N) is 4. The molecule has 4 heterocycles. The van der Waals surface area contributed by atoms with Crippen LogP contribution >= 0.6 is 11.3 Å². The van der Waals surface area contributed by atoms with Gasteiger partial charge in [0.1, 0.15) is 6.33 Å². The van der Waals surface area contributed by atoms with Gasteiger partial charge in [-0.3, -0.25) is 9.30 Å². The first-order valence-corrected chi connectivity index (χ1v) is 9.48. The number of fused-ring (bicyclic) bond motifs is 3. The average molecular weight is 349 g/mol. The maximum atomic E-state index is 6.07. The van der Waals surface area contributed by atoms with Gasteiger partial charge in [0.05, 0.1) is 5.52 Å². The van der Waals surface area contributed by atoms with Crippen molar-refractivity contribution in [3.8, 4) is 11.1 Å². The van der Waals surface area contributed by atoms with Crippen LogP contribution in [0.25, 0.3) is 27.7 Å². The molecule has 0 bridgehead atoms. The van der Waals surface area contributed by atoms with E-state index in [1.54, 1.807) is 17.7 Å². The van der Waals surface area contributed by atoms with Crippen LogP contribution in [0, 0.1) is 0 Å². The largest absolute Gasteiger partial charge is 0.326 e. The van der Waals surface area contributed by atoms with Crippen LogP contribution < -0.4 is 5.73 Å². The molecule has 4 aromatic rings. The van der Waals surface area contributed by atoms with Crippen molar-refractivity contribution in [3.05, 3.63) is 53.0 Å². The van der Waals surface area contributed by atoms with Crippen LogP contribution in [0.1, 0.15) is 12.0 Å². The topological polar surface area (TPSA) is 59.5 Å². The normalized spacial score (nSPS) is 18.5. The van der Waals surface area contributed by atoms with Crippen molar-refractivity contribution >= 4 is 27.9 Å². The van der Waals surface area contributed by atoms with Crippen molar-refractivity contribution in [2.75, 3.05) is 13.1 Å². The highest BCUT2D eigenvalue weighted by Gasteiger charge is 2.20. The lowest BCUT2D eigenvalue weighted by Gasteiger charge is -2.17. The number of nitrogens with two attached hydrogens (primary N) is 1. The standard InChI is InChI=1S/C19H19N5S/c20-16-3-5-23(10-16)9-15-8-19-22-21-12-24(19)18-7-13(1-2-17(15)18)14-4-6-25-11-14/h1-2,4,6-8,11-12,16H,3,5,9-10,20H2/t16-/m1/s1. The van der Waals surface area contributed by atoms with E-state index in [9.17, 15) is 0 Å². The smallest absolute Gasteiger partial charge is 0.161 e. The lowest BCUT2D eigenvalue weighted by Crippen LogP contribution is -2.26. The summed E-state index contributed by atoms with van der Waals surface area (Å²) in [6.45, 7) is 2.94. The van der Waals surface area contributed by atoms with E-state index in [-0.39, 0.29) is 0 Å². The van der Waals surface area contributed by atoms with Gasteiger partial charge in [-0.15, -0.1) is 10.2 Å². The lowest BCUT2D eigenvalue weighted by molar-refractivity contribution is 0.328. The van der Waals surface area contributed by atoms with Gasteiger partial charge in [0.25, 0.3) is 0 Å². The zero-order chi connectivity index (χ0) is 16.8. The average Bonchev–Trinajstić information content (AvgIpc) is 3.36. The van der Waals surface area contributed by atoms with Crippen molar-refractivity contribution in [3.63, 3.8) is 0 Å². The molecule has 0 amide bonds. The van der Waals surface area contributed by atoms with Gasteiger partial charge in [-0.1, -0.05) is 12.1 Å². The van der Waals surface area contributed by atoms with E-state index in [0.29, 0.717) is 6.04 Å². The van der Waals surface area contributed by atoms with Gasteiger partial charge >= 0.3 is 0 Å². The number of benzene rings is 1. The molecule has 0 aliphatic carbocycles. The Morgan fingerprint density at radius 3 is 2.96 bits per heavy atom. The fourth-order valence-corrected chi connectivity index (χ4v) is 4.42. The summed E-state index contributed by atoms with van der Waals surface area (Å²) < 4.78 is 2.07. The summed E-state index contributed by atoms with van der Waals surface area (Å²) in [7, 11) is 0. The van der Waals surface area contributed by atoms with E-state index in [2.05, 4.69) is 60.6 Å². The monoisotopic (exact) mass is 349 g/mol. The van der Waals surface area contributed by atoms with Crippen molar-refractivity contribution in [2.24, 2.45) is 5.73 Å². The minimum atomic E-state index is 0.299. The first-order chi connectivity index (χ1) is 12.3. The van der Waals surface area contributed by atoms with Crippen molar-refractivity contribution in [1.29, 1.82) is 0 Å².